The zero-order valence-corrected chi connectivity index (χ0v) is 19.2. The molecule has 9 heteroatoms. The van der Waals surface area contributed by atoms with E-state index in [9.17, 15) is 9.18 Å². The van der Waals surface area contributed by atoms with Gasteiger partial charge in [-0.15, -0.1) is 0 Å². The summed E-state index contributed by atoms with van der Waals surface area (Å²) in [6.45, 7) is 7.72. The van der Waals surface area contributed by atoms with E-state index < -0.39 is 5.82 Å². The molecule has 1 amide bonds. The fourth-order valence-electron chi connectivity index (χ4n) is 4.00. The summed E-state index contributed by atoms with van der Waals surface area (Å²) in [6, 6.07) is 8.19. The topological polar surface area (TPSA) is 90.8 Å². The van der Waals surface area contributed by atoms with Crippen molar-refractivity contribution in [3.63, 3.8) is 0 Å². The van der Waals surface area contributed by atoms with Gasteiger partial charge in [-0.3, -0.25) is 4.79 Å². The normalized spacial score (nSPS) is 11.5. The lowest BCUT2D eigenvalue weighted by Gasteiger charge is -2.12. The smallest absolute Gasteiger partial charge is 0.256 e. The molecule has 5 rings (SSSR count). The van der Waals surface area contributed by atoms with Gasteiger partial charge in [-0.05, 0) is 58.0 Å². The Morgan fingerprint density at radius 2 is 2.00 bits per heavy atom. The van der Waals surface area contributed by atoms with Crippen molar-refractivity contribution in [2.75, 3.05) is 5.32 Å². The van der Waals surface area contributed by atoms with E-state index in [4.69, 9.17) is 9.40 Å². The van der Waals surface area contributed by atoms with Crippen LogP contribution in [0.4, 0.5) is 10.1 Å². The first-order valence-electron chi connectivity index (χ1n) is 10.9. The van der Waals surface area contributed by atoms with E-state index in [0.717, 1.165) is 11.3 Å². The van der Waals surface area contributed by atoms with Gasteiger partial charge in [0.1, 0.15) is 17.3 Å². The van der Waals surface area contributed by atoms with Crippen LogP contribution >= 0.6 is 0 Å². The molecule has 0 bridgehead atoms. The number of fused-ring (bicyclic) bond motifs is 1. The molecule has 0 aliphatic heterocycles. The highest BCUT2D eigenvalue weighted by Crippen LogP contribution is 2.30. The summed E-state index contributed by atoms with van der Waals surface area (Å²) in [7, 11) is 0. The van der Waals surface area contributed by atoms with Crippen LogP contribution in [0.5, 0.6) is 0 Å². The predicted octanol–water partition coefficient (Wildman–Crippen LogP) is 5.47. The molecular weight excluding hydrogens is 435 g/mol. The first-order valence-corrected chi connectivity index (χ1v) is 10.9. The van der Waals surface area contributed by atoms with Gasteiger partial charge in [-0.1, -0.05) is 0 Å². The van der Waals surface area contributed by atoms with Crippen LogP contribution < -0.4 is 5.32 Å². The Morgan fingerprint density at radius 1 is 1.18 bits per heavy atom. The maximum atomic E-state index is 14.7. The van der Waals surface area contributed by atoms with Gasteiger partial charge in [-0.25, -0.2) is 19.0 Å². The zero-order valence-electron chi connectivity index (χ0n) is 19.2. The lowest BCUT2D eigenvalue weighted by Crippen LogP contribution is -2.14. The van der Waals surface area contributed by atoms with Crippen molar-refractivity contribution < 1.29 is 13.6 Å². The number of rotatable bonds is 5. The first-order chi connectivity index (χ1) is 16.3. The summed E-state index contributed by atoms with van der Waals surface area (Å²) < 4.78 is 23.7. The van der Waals surface area contributed by atoms with Gasteiger partial charge in [-0.2, -0.15) is 5.10 Å². The number of pyridine rings is 1. The number of imidazole rings is 1. The van der Waals surface area contributed by atoms with Gasteiger partial charge in [0.25, 0.3) is 5.91 Å². The Morgan fingerprint density at radius 3 is 2.65 bits per heavy atom. The Balaban J connectivity index is 1.56. The van der Waals surface area contributed by atoms with Gasteiger partial charge in [0.05, 0.1) is 34.9 Å². The van der Waals surface area contributed by atoms with Gasteiger partial charge < -0.3 is 14.3 Å². The van der Waals surface area contributed by atoms with Crippen LogP contribution in [0.15, 0.2) is 59.7 Å². The summed E-state index contributed by atoms with van der Waals surface area (Å²) in [6.07, 6.45) is 6.37. The highest BCUT2D eigenvalue weighted by Gasteiger charge is 2.21. The maximum Gasteiger partial charge on any atom is 0.256 e. The maximum absolute atomic E-state index is 14.7. The standard InChI is InChI=1S/C25H23FN6O2/c1-14(2)32-24-20(12-28-32)19(11-22(30-24)18-9-15(3)34-16(18)4)25(33)29-17-5-6-23(21(26)10-17)31-8-7-27-13-31/h5-14H,1-4H3,(H,29,33). The number of carbonyl (C=O) groups is 1. The molecule has 0 aliphatic carbocycles. The Labute approximate surface area is 195 Å². The monoisotopic (exact) mass is 458 g/mol. The lowest BCUT2D eigenvalue weighted by atomic mass is 10.1. The van der Waals surface area contributed by atoms with Crippen LogP contribution in [0.3, 0.4) is 0 Å². The predicted molar refractivity (Wildman–Crippen MR) is 127 cm³/mol. The van der Waals surface area contributed by atoms with E-state index in [1.54, 1.807) is 46.0 Å². The number of benzene rings is 1. The van der Waals surface area contributed by atoms with E-state index in [2.05, 4.69) is 15.4 Å². The average molecular weight is 458 g/mol. The quantitative estimate of drug-likeness (QED) is 0.377. The summed E-state index contributed by atoms with van der Waals surface area (Å²) in [5, 5.41) is 7.87. The van der Waals surface area contributed by atoms with Crippen molar-refractivity contribution in [1.29, 1.82) is 0 Å². The molecule has 0 atom stereocenters. The molecular formula is C25H23FN6O2. The number of carbonyl (C=O) groups excluding carboxylic acids is 1. The Bertz CT molecular complexity index is 1510. The zero-order chi connectivity index (χ0) is 24.0. The van der Waals surface area contributed by atoms with Gasteiger partial charge in [0.2, 0.25) is 0 Å². The van der Waals surface area contributed by atoms with Crippen molar-refractivity contribution in [2.45, 2.75) is 33.7 Å². The SMILES string of the molecule is Cc1cc(-c2cc(C(=O)Nc3ccc(-n4ccnc4)c(F)c3)c3cnn(C(C)C)c3n2)c(C)o1. The fourth-order valence-corrected chi connectivity index (χ4v) is 4.00. The van der Waals surface area contributed by atoms with E-state index in [0.29, 0.717) is 39.4 Å². The third kappa shape index (κ3) is 3.75. The molecule has 8 nitrogen and oxygen atoms in total. The molecule has 0 aliphatic rings. The number of nitrogens with one attached hydrogen (secondary N) is 1. The minimum Gasteiger partial charge on any atom is -0.466 e. The number of aromatic nitrogens is 5. The van der Waals surface area contributed by atoms with Crippen molar-refractivity contribution in [2.24, 2.45) is 0 Å². The summed E-state index contributed by atoms with van der Waals surface area (Å²) >= 11 is 0. The van der Waals surface area contributed by atoms with Crippen LogP contribution in [0.1, 0.15) is 41.8 Å². The molecule has 4 aromatic heterocycles. The fraction of sp³-hybridized carbons (Fsp3) is 0.200. The number of nitrogens with zero attached hydrogens (tertiary/aromatic N) is 5. The number of halogens is 1. The van der Waals surface area contributed by atoms with E-state index in [1.165, 1.54) is 12.4 Å². The molecule has 0 spiro atoms. The Hall–Kier alpha value is -4.27. The van der Waals surface area contributed by atoms with E-state index in [-0.39, 0.29) is 11.9 Å². The minimum absolute atomic E-state index is 0.0492. The molecule has 0 saturated heterocycles. The van der Waals surface area contributed by atoms with Crippen LogP contribution in [-0.4, -0.2) is 30.2 Å². The van der Waals surface area contributed by atoms with Gasteiger partial charge in [0, 0.05) is 29.7 Å². The molecule has 4 heterocycles. The largest absolute Gasteiger partial charge is 0.466 e. The molecule has 0 radical (unpaired) electrons. The van der Waals surface area contributed by atoms with Gasteiger partial charge >= 0.3 is 0 Å². The summed E-state index contributed by atoms with van der Waals surface area (Å²) in [5.74, 6) is 0.604. The molecule has 0 unspecified atom stereocenters. The molecule has 5 aromatic rings. The van der Waals surface area contributed by atoms with Gasteiger partial charge in [0.15, 0.2) is 5.65 Å². The number of furan rings is 1. The second kappa shape index (κ2) is 8.26. The molecule has 34 heavy (non-hydrogen) atoms. The number of hydrogen-bond donors (Lipinski definition) is 1. The first kappa shape index (κ1) is 21.6. The third-order valence-corrected chi connectivity index (χ3v) is 5.61. The van der Waals surface area contributed by atoms with Crippen LogP contribution in [0, 0.1) is 19.7 Å². The number of hydrogen-bond acceptors (Lipinski definition) is 5. The average Bonchev–Trinajstić information content (AvgIpc) is 3.53. The number of amides is 1. The van der Waals surface area contributed by atoms with Crippen LogP contribution in [-0.2, 0) is 0 Å². The number of aryl methyl sites for hydroxylation is 2. The molecule has 1 N–H and O–H groups in total. The highest BCUT2D eigenvalue weighted by molar-refractivity contribution is 6.12. The summed E-state index contributed by atoms with van der Waals surface area (Å²) in [4.78, 5) is 22.1. The van der Waals surface area contributed by atoms with Crippen molar-refractivity contribution in [1.82, 2.24) is 24.3 Å². The Kier molecular flexibility index (Phi) is 5.24. The second-order valence-electron chi connectivity index (χ2n) is 8.39. The van der Waals surface area contributed by atoms with E-state index >= 15 is 0 Å². The molecule has 0 fully saturated rings. The summed E-state index contributed by atoms with van der Waals surface area (Å²) in [5.41, 5.74) is 3.08. The van der Waals surface area contributed by atoms with E-state index in [1.807, 2.05) is 33.8 Å². The highest BCUT2D eigenvalue weighted by atomic mass is 19.1. The number of anilines is 1. The third-order valence-electron chi connectivity index (χ3n) is 5.61. The minimum atomic E-state index is -0.478. The molecule has 0 saturated carbocycles. The van der Waals surface area contributed by atoms with Crippen LogP contribution in [0.25, 0.3) is 28.0 Å². The second-order valence-corrected chi connectivity index (χ2v) is 8.39. The lowest BCUT2D eigenvalue weighted by molar-refractivity contribution is 0.102. The van der Waals surface area contributed by atoms with Crippen LogP contribution in [0.2, 0.25) is 0 Å². The van der Waals surface area contributed by atoms with Crippen molar-refractivity contribution in [3.8, 4) is 16.9 Å². The van der Waals surface area contributed by atoms with Crippen molar-refractivity contribution in [3.05, 3.63) is 78.2 Å². The molecule has 172 valence electrons. The molecule has 1 aromatic carbocycles. The van der Waals surface area contributed by atoms with Crippen molar-refractivity contribution >= 4 is 22.6 Å².